The lowest BCUT2D eigenvalue weighted by atomic mass is 10.1. The van der Waals surface area contributed by atoms with Crippen LogP contribution in [0.3, 0.4) is 0 Å². The molecule has 3 aromatic rings. The quantitative estimate of drug-likeness (QED) is 0.718. The molecule has 0 aliphatic rings. The van der Waals surface area contributed by atoms with E-state index in [-0.39, 0.29) is 10.6 Å². The molecular formula is C18H14ClFN2O. The molecule has 3 nitrogen and oxygen atoms in total. The highest BCUT2D eigenvalue weighted by molar-refractivity contribution is 6.31. The van der Waals surface area contributed by atoms with Crippen LogP contribution in [0, 0.1) is 5.82 Å². The molecule has 5 heteroatoms. The number of amides is 1. The van der Waals surface area contributed by atoms with E-state index in [4.69, 9.17) is 11.6 Å². The van der Waals surface area contributed by atoms with Gasteiger partial charge in [0.25, 0.3) is 5.91 Å². The number of fused-ring (bicyclic) bond motifs is 1. The molecule has 0 aliphatic carbocycles. The maximum absolute atomic E-state index is 14.0. The Kier molecular flexibility index (Phi) is 4.26. The predicted octanol–water partition coefficient (Wildman–Crippen LogP) is 4.30. The first-order valence-electron chi connectivity index (χ1n) is 7.09. The number of rotatable bonds is 3. The normalized spacial score (nSPS) is 10.7. The van der Waals surface area contributed by atoms with Crippen molar-refractivity contribution in [1.82, 2.24) is 9.88 Å². The van der Waals surface area contributed by atoms with Crippen molar-refractivity contribution in [3.8, 4) is 0 Å². The highest BCUT2D eigenvalue weighted by Crippen LogP contribution is 2.20. The van der Waals surface area contributed by atoms with E-state index in [0.717, 1.165) is 16.5 Å². The predicted molar refractivity (Wildman–Crippen MR) is 89.0 cm³/mol. The van der Waals surface area contributed by atoms with Crippen molar-refractivity contribution in [3.63, 3.8) is 0 Å². The van der Waals surface area contributed by atoms with Gasteiger partial charge in [-0.2, -0.15) is 0 Å². The highest BCUT2D eigenvalue weighted by atomic mass is 35.5. The summed E-state index contributed by atoms with van der Waals surface area (Å²) in [7, 11) is 1.62. The smallest absolute Gasteiger partial charge is 0.256 e. The summed E-state index contributed by atoms with van der Waals surface area (Å²) in [6, 6.07) is 14.1. The van der Waals surface area contributed by atoms with Crippen LogP contribution < -0.4 is 0 Å². The molecule has 0 fully saturated rings. The molecule has 1 aromatic heterocycles. The first-order chi connectivity index (χ1) is 11.1. The van der Waals surface area contributed by atoms with Crippen LogP contribution in [0.1, 0.15) is 15.9 Å². The van der Waals surface area contributed by atoms with E-state index in [2.05, 4.69) is 4.98 Å². The standard InChI is InChI=1S/C18H14ClFN2O/c1-22(18(23)14-6-4-7-15(19)17(14)20)11-12-9-13-5-2-3-8-16(13)21-10-12/h2-10H,11H2,1H3. The summed E-state index contributed by atoms with van der Waals surface area (Å²) in [5.74, 6) is -1.11. The second-order valence-electron chi connectivity index (χ2n) is 5.30. The molecule has 3 rings (SSSR count). The zero-order valence-corrected chi connectivity index (χ0v) is 13.2. The van der Waals surface area contributed by atoms with Gasteiger partial charge >= 0.3 is 0 Å². The van der Waals surface area contributed by atoms with E-state index in [1.54, 1.807) is 19.3 Å². The van der Waals surface area contributed by atoms with Crippen molar-refractivity contribution in [2.24, 2.45) is 0 Å². The first-order valence-corrected chi connectivity index (χ1v) is 7.47. The number of aromatic nitrogens is 1. The van der Waals surface area contributed by atoms with E-state index in [1.807, 2.05) is 30.3 Å². The zero-order chi connectivity index (χ0) is 16.4. The maximum Gasteiger partial charge on any atom is 0.256 e. The molecule has 23 heavy (non-hydrogen) atoms. The molecular weight excluding hydrogens is 315 g/mol. The van der Waals surface area contributed by atoms with Gasteiger partial charge in [0.15, 0.2) is 5.82 Å². The van der Waals surface area contributed by atoms with Crippen LogP contribution in [0.25, 0.3) is 10.9 Å². The second kappa shape index (κ2) is 6.34. The topological polar surface area (TPSA) is 33.2 Å². The van der Waals surface area contributed by atoms with E-state index < -0.39 is 11.7 Å². The zero-order valence-electron chi connectivity index (χ0n) is 12.5. The lowest BCUT2D eigenvalue weighted by Gasteiger charge is -2.18. The van der Waals surface area contributed by atoms with E-state index in [1.165, 1.54) is 17.0 Å². The van der Waals surface area contributed by atoms with Gasteiger partial charge in [-0.15, -0.1) is 0 Å². The summed E-state index contributed by atoms with van der Waals surface area (Å²) >= 11 is 5.73. The lowest BCUT2D eigenvalue weighted by Crippen LogP contribution is -2.27. The van der Waals surface area contributed by atoms with Crippen molar-refractivity contribution < 1.29 is 9.18 Å². The Labute approximate surface area is 138 Å². The molecule has 1 amide bonds. The summed E-state index contributed by atoms with van der Waals surface area (Å²) in [6.07, 6.45) is 1.72. The maximum atomic E-state index is 14.0. The van der Waals surface area contributed by atoms with Gasteiger partial charge in [-0.3, -0.25) is 9.78 Å². The van der Waals surface area contributed by atoms with Gasteiger partial charge in [-0.25, -0.2) is 4.39 Å². The van der Waals surface area contributed by atoms with Gasteiger partial charge in [-0.1, -0.05) is 35.9 Å². The van der Waals surface area contributed by atoms with E-state index in [0.29, 0.717) is 6.54 Å². The molecule has 0 unspecified atom stereocenters. The number of benzene rings is 2. The molecule has 1 heterocycles. The molecule has 0 bridgehead atoms. The number of hydrogen-bond acceptors (Lipinski definition) is 2. The molecule has 0 radical (unpaired) electrons. The van der Waals surface area contributed by atoms with Gasteiger partial charge in [0, 0.05) is 25.2 Å². The molecule has 0 atom stereocenters. The van der Waals surface area contributed by atoms with Crippen molar-refractivity contribution in [2.45, 2.75) is 6.54 Å². The van der Waals surface area contributed by atoms with Crippen molar-refractivity contribution in [1.29, 1.82) is 0 Å². The highest BCUT2D eigenvalue weighted by Gasteiger charge is 2.18. The monoisotopic (exact) mass is 328 g/mol. The molecule has 0 spiro atoms. The number of pyridine rings is 1. The number of halogens is 2. The van der Waals surface area contributed by atoms with Crippen molar-refractivity contribution >= 4 is 28.4 Å². The third kappa shape index (κ3) is 3.17. The van der Waals surface area contributed by atoms with E-state index >= 15 is 0 Å². The number of carbonyl (C=O) groups is 1. The number of hydrogen-bond donors (Lipinski definition) is 0. The minimum absolute atomic E-state index is 0.0336. The van der Waals surface area contributed by atoms with Gasteiger partial charge in [-0.05, 0) is 29.8 Å². The molecule has 0 aliphatic heterocycles. The second-order valence-corrected chi connectivity index (χ2v) is 5.71. The van der Waals surface area contributed by atoms with Gasteiger partial charge in [0.1, 0.15) is 0 Å². The van der Waals surface area contributed by atoms with Gasteiger partial charge in [0.2, 0.25) is 0 Å². The number of nitrogens with zero attached hydrogens (tertiary/aromatic N) is 2. The summed E-state index contributed by atoms with van der Waals surface area (Å²) in [4.78, 5) is 18.2. The molecule has 116 valence electrons. The van der Waals surface area contributed by atoms with Crippen LogP contribution >= 0.6 is 11.6 Å². The molecule has 0 saturated carbocycles. The fourth-order valence-corrected chi connectivity index (χ4v) is 2.60. The van der Waals surface area contributed by atoms with Crippen LogP contribution in [0.15, 0.2) is 54.7 Å². The Morgan fingerprint density at radius 1 is 1.22 bits per heavy atom. The van der Waals surface area contributed by atoms with Gasteiger partial charge in [0.05, 0.1) is 16.1 Å². The van der Waals surface area contributed by atoms with Crippen LogP contribution in [-0.2, 0) is 6.54 Å². The summed E-state index contributed by atoms with van der Waals surface area (Å²) in [5.41, 5.74) is 1.74. The first kappa shape index (κ1) is 15.4. The Morgan fingerprint density at radius 3 is 2.83 bits per heavy atom. The SMILES string of the molecule is CN(Cc1cnc2ccccc2c1)C(=O)c1cccc(Cl)c1F. The van der Waals surface area contributed by atoms with Crippen molar-refractivity contribution in [2.75, 3.05) is 7.05 Å². The fraction of sp³-hybridized carbons (Fsp3) is 0.111. The van der Waals surface area contributed by atoms with Crippen molar-refractivity contribution in [3.05, 3.63) is 76.7 Å². The molecule has 0 N–H and O–H groups in total. The summed E-state index contributed by atoms with van der Waals surface area (Å²) in [5, 5.41) is 0.941. The lowest BCUT2D eigenvalue weighted by molar-refractivity contribution is 0.0780. The Balaban J connectivity index is 1.83. The van der Waals surface area contributed by atoms with Crippen LogP contribution in [0.2, 0.25) is 5.02 Å². The van der Waals surface area contributed by atoms with Crippen LogP contribution in [0.4, 0.5) is 4.39 Å². The fourth-order valence-electron chi connectivity index (χ4n) is 2.42. The number of carbonyl (C=O) groups excluding carboxylic acids is 1. The minimum atomic E-state index is -0.692. The minimum Gasteiger partial charge on any atom is -0.337 e. The Morgan fingerprint density at radius 2 is 2.00 bits per heavy atom. The summed E-state index contributed by atoms with van der Waals surface area (Å²) in [6.45, 7) is 0.336. The Hall–Kier alpha value is -2.46. The average Bonchev–Trinajstić information content (AvgIpc) is 2.56. The Bertz CT molecular complexity index is 882. The third-order valence-electron chi connectivity index (χ3n) is 3.60. The molecule has 2 aromatic carbocycles. The van der Waals surface area contributed by atoms with Crippen LogP contribution in [0.5, 0.6) is 0 Å². The largest absolute Gasteiger partial charge is 0.337 e. The molecule has 0 saturated heterocycles. The average molecular weight is 329 g/mol. The number of para-hydroxylation sites is 1. The van der Waals surface area contributed by atoms with Gasteiger partial charge < -0.3 is 4.90 Å². The van der Waals surface area contributed by atoms with Crippen LogP contribution in [-0.4, -0.2) is 22.8 Å². The third-order valence-corrected chi connectivity index (χ3v) is 3.89. The van der Waals surface area contributed by atoms with E-state index in [9.17, 15) is 9.18 Å². The summed E-state index contributed by atoms with van der Waals surface area (Å²) < 4.78 is 14.0.